The van der Waals surface area contributed by atoms with Crippen LogP contribution in [0.25, 0.3) is 20.8 Å². The van der Waals surface area contributed by atoms with E-state index in [9.17, 15) is 13.2 Å². The Morgan fingerprint density at radius 1 is 0.852 bits per heavy atom. The average Bonchev–Trinajstić information content (AvgIpc) is 3.11. The zero-order valence-corrected chi connectivity index (χ0v) is 14.8. The summed E-state index contributed by atoms with van der Waals surface area (Å²) < 4.78 is 45.0. The van der Waals surface area contributed by atoms with Crippen molar-refractivity contribution in [2.45, 2.75) is 12.8 Å². The molecule has 0 fully saturated rings. The molecule has 0 saturated carbocycles. The third-order valence-electron chi connectivity index (χ3n) is 4.10. The lowest BCUT2D eigenvalue weighted by Gasteiger charge is -2.06. The molecule has 0 N–H and O–H groups in total. The first-order chi connectivity index (χ1) is 13.0. The van der Waals surface area contributed by atoms with Gasteiger partial charge in [-0.25, -0.2) is 4.98 Å². The predicted octanol–water partition coefficient (Wildman–Crippen LogP) is 6.56. The van der Waals surface area contributed by atoms with Gasteiger partial charge in [0.05, 0.1) is 15.8 Å². The number of thiazole rings is 1. The van der Waals surface area contributed by atoms with Crippen molar-refractivity contribution in [2.75, 3.05) is 0 Å². The first-order valence-electron chi connectivity index (χ1n) is 8.24. The van der Waals surface area contributed by atoms with Crippen molar-refractivity contribution in [2.24, 2.45) is 0 Å². The number of nitrogens with zero attached hydrogens (tertiary/aromatic N) is 1. The molecule has 0 aliphatic rings. The van der Waals surface area contributed by atoms with Gasteiger partial charge in [-0.1, -0.05) is 42.5 Å². The van der Waals surface area contributed by atoms with Gasteiger partial charge in [0, 0.05) is 11.1 Å². The van der Waals surface area contributed by atoms with E-state index in [0.717, 1.165) is 33.7 Å². The molecule has 0 radical (unpaired) electrons. The summed E-state index contributed by atoms with van der Waals surface area (Å²) in [4.78, 5) is 4.64. The number of aromatic nitrogens is 1. The van der Waals surface area contributed by atoms with Crippen LogP contribution in [0, 0.1) is 0 Å². The van der Waals surface area contributed by atoms with Crippen molar-refractivity contribution in [3.63, 3.8) is 0 Å². The van der Waals surface area contributed by atoms with Crippen molar-refractivity contribution in [3.05, 3.63) is 83.9 Å². The molecule has 4 rings (SSSR count). The van der Waals surface area contributed by atoms with Crippen molar-refractivity contribution in [3.8, 4) is 16.3 Å². The molecule has 27 heavy (non-hydrogen) atoms. The lowest BCUT2D eigenvalue weighted by molar-refractivity contribution is -0.137. The number of halogens is 3. The smallest absolute Gasteiger partial charge is 0.416 e. The van der Waals surface area contributed by atoms with Gasteiger partial charge in [0.2, 0.25) is 0 Å². The van der Waals surface area contributed by atoms with Crippen LogP contribution >= 0.6 is 11.3 Å². The van der Waals surface area contributed by atoms with Gasteiger partial charge in [-0.3, -0.25) is 0 Å². The molecule has 0 atom stereocenters. The Labute approximate surface area is 157 Å². The van der Waals surface area contributed by atoms with Crippen LogP contribution in [-0.4, -0.2) is 4.98 Å². The second kappa shape index (κ2) is 7.04. The van der Waals surface area contributed by atoms with Crippen LogP contribution in [0.2, 0.25) is 0 Å². The molecule has 0 saturated heterocycles. The minimum absolute atomic E-state index is 0.373. The Kier molecular flexibility index (Phi) is 4.58. The van der Waals surface area contributed by atoms with E-state index in [4.69, 9.17) is 4.74 Å². The van der Waals surface area contributed by atoms with Crippen molar-refractivity contribution < 1.29 is 17.9 Å². The minimum atomic E-state index is -4.34. The number of ether oxygens (including phenoxy) is 1. The molecule has 4 aromatic rings. The Bertz CT molecular complexity index is 1060. The molecular formula is C21H14F3NOS. The van der Waals surface area contributed by atoms with Gasteiger partial charge >= 0.3 is 6.18 Å². The molecule has 3 aromatic carbocycles. The number of fused-ring (bicyclic) bond motifs is 1. The number of hydrogen-bond donors (Lipinski definition) is 0. The highest BCUT2D eigenvalue weighted by Gasteiger charge is 2.30. The second-order valence-electron chi connectivity index (χ2n) is 5.96. The molecule has 6 heteroatoms. The Morgan fingerprint density at radius 3 is 2.30 bits per heavy atom. The lowest BCUT2D eigenvalue weighted by atomic mass is 10.1. The van der Waals surface area contributed by atoms with E-state index in [1.165, 1.54) is 23.5 Å². The monoisotopic (exact) mass is 385 g/mol. The highest BCUT2D eigenvalue weighted by atomic mass is 32.1. The standard InChI is InChI=1S/C21H14F3NOS/c22-21(23,24)16-11-9-14(10-12-16)20-25-19-15(5-4-8-18(19)27-20)13-26-17-6-2-1-3-7-17/h1-12H,13H2. The van der Waals surface area contributed by atoms with E-state index in [2.05, 4.69) is 4.98 Å². The van der Waals surface area contributed by atoms with Gasteiger partial charge in [0.15, 0.2) is 0 Å². The van der Waals surface area contributed by atoms with Crippen LogP contribution < -0.4 is 4.74 Å². The van der Waals surface area contributed by atoms with E-state index in [0.29, 0.717) is 17.2 Å². The number of rotatable bonds is 4. The summed E-state index contributed by atoms with van der Waals surface area (Å²) in [5, 5.41) is 0.686. The number of alkyl halides is 3. The molecular weight excluding hydrogens is 371 g/mol. The van der Waals surface area contributed by atoms with Crippen LogP contribution in [-0.2, 0) is 12.8 Å². The molecule has 2 nitrogen and oxygen atoms in total. The zero-order valence-electron chi connectivity index (χ0n) is 14.0. The maximum Gasteiger partial charge on any atom is 0.416 e. The molecule has 0 spiro atoms. The zero-order chi connectivity index (χ0) is 18.9. The first kappa shape index (κ1) is 17.5. The molecule has 1 heterocycles. The molecule has 1 aromatic heterocycles. The summed E-state index contributed by atoms with van der Waals surface area (Å²) in [6, 6.07) is 20.4. The highest BCUT2D eigenvalue weighted by Crippen LogP contribution is 2.34. The predicted molar refractivity (Wildman–Crippen MR) is 101 cm³/mol. The van der Waals surface area contributed by atoms with Gasteiger partial charge in [-0.15, -0.1) is 11.3 Å². The summed E-state index contributed by atoms with van der Waals surface area (Å²) in [6.45, 7) is 0.373. The van der Waals surface area contributed by atoms with E-state index >= 15 is 0 Å². The van der Waals surface area contributed by atoms with Gasteiger partial charge in [0.25, 0.3) is 0 Å². The summed E-state index contributed by atoms with van der Waals surface area (Å²) in [5.74, 6) is 0.771. The summed E-state index contributed by atoms with van der Waals surface area (Å²) in [5.41, 5.74) is 1.75. The maximum absolute atomic E-state index is 12.7. The average molecular weight is 385 g/mol. The maximum atomic E-state index is 12.7. The summed E-state index contributed by atoms with van der Waals surface area (Å²) >= 11 is 1.45. The normalized spacial score (nSPS) is 11.7. The summed E-state index contributed by atoms with van der Waals surface area (Å²) in [6.07, 6.45) is -4.34. The molecule has 0 aliphatic carbocycles. The van der Waals surface area contributed by atoms with E-state index in [1.54, 1.807) is 0 Å². The van der Waals surface area contributed by atoms with Crippen molar-refractivity contribution >= 4 is 21.6 Å². The third kappa shape index (κ3) is 3.80. The van der Waals surface area contributed by atoms with E-state index in [1.807, 2.05) is 48.5 Å². The number of benzene rings is 3. The van der Waals surface area contributed by atoms with Crippen LogP contribution in [0.15, 0.2) is 72.8 Å². The first-order valence-corrected chi connectivity index (χ1v) is 9.06. The fourth-order valence-corrected chi connectivity index (χ4v) is 3.74. The summed E-state index contributed by atoms with van der Waals surface area (Å²) in [7, 11) is 0. The highest BCUT2D eigenvalue weighted by molar-refractivity contribution is 7.21. The van der Waals surface area contributed by atoms with Gasteiger partial charge < -0.3 is 4.74 Å². The topological polar surface area (TPSA) is 22.1 Å². The number of hydrogen-bond acceptors (Lipinski definition) is 3. The molecule has 0 aliphatic heterocycles. The minimum Gasteiger partial charge on any atom is -0.489 e. The fourth-order valence-electron chi connectivity index (χ4n) is 2.73. The third-order valence-corrected chi connectivity index (χ3v) is 5.17. The fraction of sp³-hybridized carbons (Fsp3) is 0.0952. The molecule has 0 bridgehead atoms. The van der Waals surface area contributed by atoms with Gasteiger partial charge in [-0.05, 0) is 30.3 Å². The van der Waals surface area contributed by atoms with Crippen molar-refractivity contribution in [1.29, 1.82) is 0 Å². The quantitative estimate of drug-likeness (QED) is 0.397. The Morgan fingerprint density at radius 2 is 1.59 bits per heavy atom. The van der Waals surface area contributed by atoms with E-state index in [-0.39, 0.29) is 0 Å². The second-order valence-corrected chi connectivity index (χ2v) is 6.99. The molecule has 136 valence electrons. The number of para-hydroxylation sites is 2. The van der Waals surface area contributed by atoms with Crippen LogP contribution in [0.1, 0.15) is 11.1 Å². The van der Waals surface area contributed by atoms with Crippen molar-refractivity contribution in [1.82, 2.24) is 4.98 Å². The Hall–Kier alpha value is -2.86. The largest absolute Gasteiger partial charge is 0.489 e. The lowest BCUT2D eigenvalue weighted by Crippen LogP contribution is -2.03. The van der Waals surface area contributed by atoms with Gasteiger partial charge in [0.1, 0.15) is 17.4 Å². The SMILES string of the molecule is FC(F)(F)c1ccc(-c2nc3c(COc4ccccc4)cccc3s2)cc1. The Balaban J connectivity index is 1.62. The van der Waals surface area contributed by atoms with E-state index < -0.39 is 11.7 Å². The van der Waals surface area contributed by atoms with Crippen LogP contribution in [0.4, 0.5) is 13.2 Å². The molecule has 0 amide bonds. The molecule has 0 unspecified atom stereocenters. The van der Waals surface area contributed by atoms with Crippen LogP contribution in [0.5, 0.6) is 5.75 Å². The van der Waals surface area contributed by atoms with Gasteiger partial charge in [-0.2, -0.15) is 13.2 Å². The van der Waals surface area contributed by atoms with Crippen LogP contribution in [0.3, 0.4) is 0 Å².